The molecule has 0 radical (unpaired) electrons. The van der Waals surface area contributed by atoms with Crippen molar-refractivity contribution in [3.05, 3.63) is 27.7 Å². The highest BCUT2D eigenvalue weighted by Crippen LogP contribution is 2.32. The molecule has 0 unspecified atom stereocenters. The summed E-state index contributed by atoms with van der Waals surface area (Å²) in [6, 6.07) is 3.26. The van der Waals surface area contributed by atoms with Gasteiger partial charge in [0.05, 0.1) is 10.0 Å². The van der Waals surface area contributed by atoms with E-state index in [1.165, 1.54) is 0 Å². The molecule has 1 rings (SSSR count). The lowest BCUT2D eigenvalue weighted by Gasteiger charge is -2.19. The van der Waals surface area contributed by atoms with E-state index in [9.17, 15) is 4.79 Å². The Hall–Kier alpha value is -0.930. The Kier molecular flexibility index (Phi) is 8.61. The van der Waals surface area contributed by atoms with Gasteiger partial charge in [0, 0.05) is 18.7 Å². The van der Waals surface area contributed by atoms with Crippen molar-refractivity contribution in [2.24, 2.45) is 0 Å². The highest BCUT2D eigenvalue weighted by molar-refractivity contribution is 6.42. The van der Waals surface area contributed by atoms with Crippen LogP contribution < -0.4 is 4.74 Å². The molecule has 0 heterocycles. The van der Waals surface area contributed by atoms with Gasteiger partial charge in [0.1, 0.15) is 5.75 Å². The minimum absolute atomic E-state index is 0.378. The molecule has 0 atom stereocenters. The summed E-state index contributed by atoms with van der Waals surface area (Å²) < 4.78 is 5.27. The van der Waals surface area contributed by atoms with Crippen LogP contribution in [0.15, 0.2) is 12.1 Å². The number of carbonyl (C=O) groups is 1. The van der Waals surface area contributed by atoms with Crippen LogP contribution in [0.3, 0.4) is 0 Å². The van der Waals surface area contributed by atoms with Gasteiger partial charge >= 0.3 is 6.09 Å². The van der Waals surface area contributed by atoms with Crippen LogP contribution in [0.25, 0.3) is 0 Å². The van der Waals surface area contributed by atoms with Crippen molar-refractivity contribution in [2.45, 2.75) is 34.6 Å². The van der Waals surface area contributed by atoms with Crippen LogP contribution in [0.1, 0.15) is 33.3 Å². The first-order chi connectivity index (χ1) is 9.01. The minimum Gasteiger partial charge on any atom is -0.410 e. The van der Waals surface area contributed by atoms with Crippen LogP contribution in [0.4, 0.5) is 4.79 Å². The third-order valence-electron chi connectivity index (χ3n) is 2.51. The number of nitrogens with zero attached hydrogens (tertiary/aromatic N) is 1. The zero-order valence-corrected chi connectivity index (χ0v) is 13.6. The number of benzene rings is 1. The number of ether oxygens (including phenoxy) is 1. The maximum Gasteiger partial charge on any atom is 0.415 e. The average Bonchev–Trinajstić information content (AvgIpc) is 2.43. The molecule has 0 N–H and O–H groups in total. The van der Waals surface area contributed by atoms with E-state index in [-0.39, 0.29) is 6.09 Å². The van der Waals surface area contributed by atoms with Crippen LogP contribution in [0.5, 0.6) is 5.75 Å². The van der Waals surface area contributed by atoms with Gasteiger partial charge in [0.15, 0.2) is 0 Å². The second-order valence-corrected chi connectivity index (χ2v) is 4.31. The Balaban J connectivity index is 0.00000154. The molecule has 0 aliphatic rings. The van der Waals surface area contributed by atoms with Crippen LogP contribution >= 0.6 is 23.2 Å². The van der Waals surface area contributed by atoms with Crippen molar-refractivity contribution >= 4 is 29.3 Å². The zero-order chi connectivity index (χ0) is 15.0. The summed E-state index contributed by atoms with van der Waals surface area (Å²) in [5.41, 5.74) is 0.666. The summed E-state index contributed by atoms with van der Waals surface area (Å²) in [5.74, 6) is 0.441. The van der Waals surface area contributed by atoms with E-state index >= 15 is 0 Å². The van der Waals surface area contributed by atoms with Gasteiger partial charge in [-0.15, -0.1) is 0 Å². The van der Waals surface area contributed by atoms with Gasteiger partial charge in [-0.05, 0) is 32.9 Å². The van der Waals surface area contributed by atoms with Gasteiger partial charge in [0.2, 0.25) is 0 Å². The number of halogens is 2. The molecule has 19 heavy (non-hydrogen) atoms. The monoisotopic (exact) mass is 305 g/mol. The fraction of sp³-hybridized carbons (Fsp3) is 0.500. The van der Waals surface area contributed by atoms with Gasteiger partial charge < -0.3 is 9.64 Å². The third-order valence-corrected chi connectivity index (χ3v) is 3.41. The molecular weight excluding hydrogens is 285 g/mol. The summed E-state index contributed by atoms with van der Waals surface area (Å²) in [5, 5.41) is 0.864. The van der Waals surface area contributed by atoms with E-state index in [0.29, 0.717) is 34.4 Å². The number of carbonyl (C=O) groups excluding carboxylic acids is 1. The van der Waals surface area contributed by atoms with Crippen molar-refractivity contribution in [3.63, 3.8) is 0 Å². The molecule has 0 bridgehead atoms. The molecule has 1 aromatic rings. The molecule has 0 aliphatic carbocycles. The first-order valence-corrected chi connectivity index (χ1v) is 7.18. The molecule has 0 saturated carbocycles. The van der Waals surface area contributed by atoms with Crippen LogP contribution in [0.2, 0.25) is 10.0 Å². The molecule has 1 aromatic carbocycles. The Morgan fingerprint density at radius 1 is 1.21 bits per heavy atom. The predicted octanol–water partition coefficient (Wildman–Crippen LogP) is 5.17. The molecule has 0 aliphatic heterocycles. The van der Waals surface area contributed by atoms with Crippen molar-refractivity contribution < 1.29 is 9.53 Å². The van der Waals surface area contributed by atoms with Crippen molar-refractivity contribution in [3.8, 4) is 5.75 Å². The van der Waals surface area contributed by atoms with Gasteiger partial charge in [-0.1, -0.05) is 37.0 Å². The summed E-state index contributed by atoms with van der Waals surface area (Å²) >= 11 is 11.8. The summed E-state index contributed by atoms with van der Waals surface area (Å²) in [6.45, 7) is 10.8. The van der Waals surface area contributed by atoms with E-state index in [2.05, 4.69) is 0 Å². The molecule has 1 amide bonds. The van der Waals surface area contributed by atoms with E-state index in [0.717, 1.165) is 0 Å². The summed E-state index contributed by atoms with van der Waals surface area (Å²) in [4.78, 5) is 13.3. The summed E-state index contributed by atoms with van der Waals surface area (Å²) in [7, 11) is 0. The zero-order valence-electron chi connectivity index (χ0n) is 12.1. The first kappa shape index (κ1) is 18.1. The number of rotatable bonds is 3. The lowest BCUT2D eigenvalue weighted by Crippen LogP contribution is -2.33. The second-order valence-electron chi connectivity index (χ2n) is 3.52. The predicted molar refractivity (Wildman–Crippen MR) is 81.5 cm³/mol. The average molecular weight is 306 g/mol. The highest BCUT2D eigenvalue weighted by atomic mass is 35.5. The lowest BCUT2D eigenvalue weighted by molar-refractivity contribution is 0.157. The maximum absolute atomic E-state index is 11.8. The topological polar surface area (TPSA) is 29.5 Å². The smallest absolute Gasteiger partial charge is 0.410 e. The Morgan fingerprint density at radius 2 is 1.74 bits per heavy atom. The highest BCUT2D eigenvalue weighted by Gasteiger charge is 2.15. The van der Waals surface area contributed by atoms with E-state index in [4.69, 9.17) is 27.9 Å². The van der Waals surface area contributed by atoms with Crippen molar-refractivity contribution in [1.82, 2.24) is 4.90 Å². The Labute approximate surface area is 125 Å². The van der Waals surface area contributed by atoms with Crippen molar-refractivity contribution in [1.29, 1.82) is 0 Å². The molecule has 5 heteroatoms. The normalized spacial score (nSPS) is 9.42. The molecular formula is C14H21Cl2NO2. The third kappa shape index (κ3) is 4.92. The van der Waals surface area contributed by atoms with Gasteiger partial charge in [0.25, 0.3) is 0 Å². The number of amides is 1. The van der Waals surface area contributed by atoms with Crippen LogP contribution in [-0.4, -0.2) is 24.1 Å². The second kappa shape index (κ2) is 9.05. The molecule has 3 nitrogen and oxygen atoms in total. The van der Waals surface area contributed by atoms with Gasteiger partial charge in [-0.3, -0.25) is 0 Å². The quantitative estimate of drug-likeness (QED) is 0.771. The SMILES string of the molecule is CC.CCN(CC)C(=O)Oc1ccc(Cl)c(Cl)c1C. The minimum atomic E-state index is -0.378. The number of hydrogen-bond acceptors (Lipinski definition) is 2. The van der Waals surface area contributed by atoms with Gasteiger partial charge in [-0.2, -0.15) is 0 Å². The first-order valence-electron chi connectivity index (χ1n) is 6.42. The molecule has 0 fully saturated rings. The fourth-order valence-corrected chi connectivity index (χ4v) is 1.75. The fourth-order valence-electron chi connectivity index (χ4n) is 1.39. The Morgan fingerprint density at radius 3 is 2.21 bits per heavy atom. The molecule has 0 saturated heterocycles. The van der Waals surface area contributed by atoms with E-state index < -0.39 is 0 Å². The standard InChI is InChI=1S/C12H15Cl2NO2.C2H6/c1-4-15(5-2)12(16)17-10-7-6-9(13)11(14)8(10)3;1-2/h6-7H,4-5H2,1-3H3;1-2H3. The molecule has 0 aromatic heterocycles. The van der Waals surface area contributed by atoms with Gasteiger partial charge in [-0.25, -0.2) is 4.79 Å². The largest absolute Gasteiger partial charge is 0.415 e. The number of hydrogen-bond donors (Lipinski definition) is 0. The molecule has 108 valence electrons. The van der Waals surface area contributed by atoms with E-state index in [1.807, 2.05) is 27.7 Å². The Bertz CT molecular complexity index is 418. The lowest BCUT2D eigenvalue weighted by atomic mass is 10.2. The van der Waals surface area contributed by atoms with E-state index in [1.54, 1.807) is 24.0 Å². The maximum atomic E-state index is 11.8. The van der Waals surface area contributed by atoms with Crippen LogP contribution in [0, 0.1) is 6.92 Å². The van der Waals surface area contributed by atoms with Crippen molar-refractivity contribution in [2.75, 3.05) is 13.1 Å². The molecule has 0 spiro atoms. The van der Waals surface area contributed by atoms with Crippen LogP contribution in [-0.2, 0) is 0 Å². The summed E-state index contributed by atoms with van der Waals surface area (Å²) in [6.07, 6.45) is -0.378.